The molecule has 2 heteroatoms. The van der Waals surface area contributed by atoms with Crippen molar-refractivity contribution in [3.8, 4) is 0 Å². The van der Waals surface area contributed by atoms with E-state index in [9.17, 15) is 4.39 Å². The van der Waals surface area contributed by atoms with Crippen molar-refractivity contribution in [2.24, 2.45) is 5.73 Å². The van der Waals surface area contributed by atoms with Crippen molar-refractivity contribution >= 4 is 0 Å². The summed E-state index contributed by atoms with van der Waals surface area (Å²) >= 11 is 0. The van der Waals surface area contributed by atoms with Gasteiger partial charge in [-0.1, -0.05) is 30.3 Å². The van der Waals surface area contributed by atoms with Crippen molar-refractivity contribution < 1.29 is 4.39 Å². The maximum absolute atomic E-state index is 13.1. The highest BCUT2D eigenvalue weighted by Crippen LogP contribution is 2.24. The Morgan fingerprint density at radius 1 is 1.05 bits per heavy atom. The Balaban J connectivity index is 2.27. The van der Waals surface area contributed by atoms with Gasteiger partial charge in [-0.3, -0.25) is 0 Å². The summed E-state index contributed by atoms with van der Waals surface area (Å²) in [6.45, 7) is 4.65. The van der Waals surface area contributed by atoms with Crippen LogP contribution in [0.3, 0.4) is 0 Å². The fourth-order valence-electron chi connectivity index (χ4n) is 2.52. The predicted molar refractivity (Wildman–Crippen MR) is 77.8 cm³/mol. The van der Waals surface area contributed by atoms with Crippen LogP contribution in [0.25, 0.3) is 0 Å². The molecule has 2 aromatic rings. The largest absolute Gasteiger partial charge is 0.330 e. The quantitative estimate of drug-likeness (QED) is 0.887. The molecule has 1 unspecified atom stereocenters. The molecule has 0 heterocycles. The first-order valence-corrected chi connectivity index (χ1v) is 6.62. The molecular formula is C17H20FN. The average molecular weight is 257 g/mol. The van der Waals surface area contributed by atoms with Gasteiger partial charge in [0, 0.05) is 5.92 Å². The second-order valence-corrected chi connectivity index (χ2v) is 5.06. The number of halogens is 1. The van der Waals surface area contributed by atoms with Crippen LogP contribution in [-0.2, 0) is 6.42 Å². The van der Waals surface area contributed by atoms with Gasteiger partial charge in [0.1, 0.15) is 5.82 Å². The Labute approximate surface area is 114 Å². The first-order chi connectivity index (χ1) is 9.11. The first kappa shape index (κ1) is 13.8. The van der Waals surface area contributed by atoms with Gasteiger partial charge in [-0.05, 0) is 61.2 Å². The minimum Gasteiger partial charge on any atom is -0.330 e. The molecule has 0 aliphatic carbocycles. The van der Waals surface area contributed by atoms with Crippen LogP contribution < -0.4 is 5.73 Å². The minimum atomic E-state index is -0.179. The van der Waals surface area contributed by atoms with Crippen LogP contribution in [-0.4, -0.2) is 6.54 Å². The van der Waals surface area contributed by atoms with E-state index in [-0.39, 0.29) is 11.7 Å². The molecule has 0 fully saturated rings. The Hall–Kier alpha value is -1.67. The molecule has 19 heavy (non-hydrogen) atoms. The van der Waals surface area contributed by atoms with Gasteiger partial charge in [-0.15, -0.1) is 0 Å². The average Bonchev–Trinajstić information content (AvgIpc) is 2.39. The van der Waals surface area contributed by atoms with E-state index in [1.54, 1.807) is 6.07 Å². The molecule has 2 aromatic carbocycles. The zero-order chi connectivity index (χ0) is 13.8. The van der Waals surface area contributed by atoms with E-state index < -0.39 is 0 Å². The number of nitrogens with two attached hydrogens (primary N) is 1. The van der Waals surface area contributed by atoms with Crippen LogP contribution in [0.1, 0.15) is 28.2 Å². The van der Waals surface area contributed by atoms with Gasteiger partial charge in [-0.25, -0.2) is 4.39 Å². The number of hydrogen-bond acceptors (Lipinski definition) is 1. The van der Waals surface area contributed by atoms with Gasteiger partial charge < -0.3 is 5.73 Å². The minimum absolute atomic E-state index is 0.179. The summed E-state index contributed by atoms with van der Waals surface area (Å²) in [5.74, 6) is 0.104. The summed E-state index contributed by atoms with van der Waals surface area (Å²) in [5.41, 5.74) is 10.6. The van der Waals surface area contributed by atoms with E-state index in [2.05, 4.69) is 19.1 Å². The zero-order valence-electron chi connectivity index (χ0n) is 11.5. The molecule has 0 saturated carbocycles. The Morgan fingerprint density at radius 2 is 1.79 bits per heavy atom. The lowest BCUT2D eigenvalue weighted by molar-refractivity contribution is 0.623. The Bertz CT molecular complexity index is 563. The van der Waals surface area contributed by atoms with Gasteiger partial charge in [0.25, 0.3) is 0 Å². The predicted octanol–water partition coefficient (Wildman–Crippen LogP) is 3.73. The second kappa shape index (κ2) is 5.98. The highest BCUT2D eigenvalue weighted by Gasteiger charge is 2.14. The lowest BCUT2D eigenvalue weighted by Crippen LogP contribution is -2.16. The van der Waals surface area contributed by atoms with Crippen LogP contribution in [0.5, 0.6) is 0 Å². The van der Waals surface area contributed by atoms with E-state index in [4.69, 9.17) is 5.73 Å². The fraction of sp³-hybridized carbons (Fsp3) is 0.294. The molecule has 0 aromatic heterocycles. The summed E-state index contributed by atoms with van der Waals surface area (Å²) in [6, 6.07) is 13.3. The van der Waals surface area contributed by atoms with E-state index in [0.717, 1.165) is 12.0 Å². The molecule has 0 bridgehead atoms. The van der Waals surface area contributed by atoms with Gasteiger partial charge in [-0.2, -0.15) is 0 Å². The highest BCUT2D eigenvalue weighted by molar-refractivity contribution is 5.33. The molecule has 2 rings (SSSR count). The van der Waals surface area contributed by atoms with Crippen molar-refractivity contribution in [3.63, 3.8) is 0 Å². The molecule has 0 spiro atoms. The lowest BCUT2D eigenvalue weighted by Gasteiger charge is -2.19. The monoisotopic (exact) mass is 257 g/mol. The van der Waals surface area contributed by atoms with Crippen molar-refractivity contribution in [1.82, 2.24) is 0 Å². The normalized spacial score (nSPS) is 12.4. The third-order valence-electron chi connectivity index (χ3n) is 3.68. The standard InChI is InChI=1S/C17H20FN/c1-12-5-3-4-6-17(12)15(11-19)10-14-7-8-16(18)9-13(14)2/h3-9,15H,10-11,19H2,1-2H3. The van der Waals surface area contributed by atoms with Crippen molar-refractivity contribution in [2.75, 3.05) is 6.54 Å². The summed E-state index contributed by atoms with van der Waals surface area (Å²) < 4.78 is 13.1. The van der Waals surface area contributed by atoms with Crippen LogP contribution in [0.2, 0.25) is 0 Å². The van der Waals surface area contributed by atoms with Crippen LogP contribution in [0, 0.1) is 19.7 Å². The van der Waals surface area contributed by atoms with E-state index in [1.165, 1.54) is 22.8 Å². The first-order valence-electron chi connectivity index (χ1n) is 6.62. The smallest absolute Gasteiger partial charge is 0.123 e. The van der Waals surface area contributed by atoms with E-state index >= 15 is 0 Å². The third-order valence-corrected chi connectivity index (χ3v) is 3.68. The van der Waals surface area contributed by atoms with E-state index in [0.29, 0.717) is 6.54 Å². The second-order valence-electron chi connectivity index (χ2n) is 5.06. The highest BCUT2D eigenvalue weighted by atomic mass is 19.1. The Morgan fingerprint density at radius 3 is 2.42 bits per heavy atom. The maximum Gasteiger partial charge on any atom is 0.123 e. The Kier molecular flexibility index (Phi) is 4.33. The number of aryl methyl sites for hydroxylation is 2. The van der Waals surface area contributed by atoms with Crippen molar-refractivity contribution in [3.05, 3.63) is 70.5 Å². The number of rotatable bonds is 4. The summed E-state index contributed by atoms with van der Waals surface area (Å²) in [4.78, 5) is 0. The van der Waals surface area contributed by atoms with Gasteiger partial charge in [0.15, 0.2) is 0 Å². The fourth-order valence-corrected chi connectivity index (χ4v) is 2.52. The van der Waals surface area contributed by atoms with E-state index in [1.807, 2.05) is 25.1 Å². The van der Waals surface area contributed by atoms with Crippen molar-refractivity contribution in [1.29, 1.82) is 0 Å². The molecule has 0 aliphatic heterocycles. The molecule has 0 saturated heterocycles. The van der Waals surface area contributed by atoms with Gasteiger partial charge >= 0.3 is 0 Å². The summed E-state index contributed by atoms with van der Waals surface area (Å²) in [5, 5.41) is 0. The SMILES string of the molecule is Cc1cc(F)ccc1CC(CN)c1ccccc1C. The molecule has 0 amide bonds. The third kappa shape index (κ3) is 3.21. The number of hydrogen-bond donors (Lipinski definition) is 1. The molecule has 1 atom stereocenters. The lowest BCUT2D eigenvalue weighted by atomic mass is 9.88. The zero-order valence-corrected chi connectivity index (χ0v) is 11.5. The van der Waals surface area contributed by atoms with Crippen LogP contribution in [0.15, 0.2) is 42.5 Å². The van der Waals surface area contributed by atoms with Crippen LogP contribution >= 0.6 is 0 Å². The molecule has 100 valence electrons. The summed E-state index contributed by atoms with van der Waals surface area (Å²) in [6.07, 6.45) is 0.855. The van der Waals surface area contributed by atoms with Gasteiger partial charge in [0.2, 0.25) is 0 Å². The van der Waals surface area contributed by atoms with Crippen molar-refractivity contribution in [2.45, 2.75) is 26.2 Å². The van der Waals surface area contributed by atoms with Crippen LogP contribution in [0.4, 0.5) is 4.39 Å². The molecule has 0 radical (unpaired) electrons. The maximum atomic E-state index is 13.1. The molecule has 0 aliphatic rings. The summed E-state index contributed by atoms with van der Waals surface area (Å²) in [7, 11) is 0. The topological polar surface area (TPSA) is 26.0 Å². The number of benzene rings is 2. The molecule has 2 N–H and O–H groups in total. The van der Waals surface area contributed by atoms with Gasteiger partial charge in [0.05, 0.1) is 0 Å². The molecular weight excluding hydrogens is 237 g/mol. The molecule has 1 nitrogen and oxygen atoms in total.